The molecule has 3 rings (SSSR count). The van der Waals surface area contributed by atoms with Gasteiger partial charge in [-0.3, -0.25) is 9.45 Å². The van der Waals surface area contributed by atoms with Crippen molar-refractivity contribution >= 4 is 27.7 Å². The van der Waals surface area contributed by atoms with Crippen LogP contribution in [-0.4, -0.2) is 39.1 Å². The fourth-order valence-corrected chi connectivity index (χ4v) is 4.25. The van der Waals surface area contributed by atoms with Crippen LogP contribution in [0.25, 0.3) is 0 Å². The number of nitriles is 1. The quantitative estimate of drug-likeness (QED) is 0.476. The summed E-state index contributed by atoms with van der Waals surface area (Å²) in [6.07, 6.45) is 0. The molecule has 0 spiro atoms. The molecule has 1 aliphatic heterocycles. The van der Waals surface area contributed by atoms with E-state index in [1.54, 1.807) is 37.3 Å². The van der Waals surface area contributed by atoms with E-state index in [1.165, 1.54) is 12.1 Å². The second-order valence-corrected chi connectivity index (χ2v) is 8.68. The van der Waals surface area contributed by atoms with E-state index < -0.39 is 32.9 Å². The molecule has 0 saturated heterocycles. The van der Waals surface area contributed by atoms with Crippen molar-refractivity contribution in [1.82, 2.24) is 0 Å². The Morgan fingerprint density at radius 3 is 2.24 bits per heavy atom. The summed E-state index contributed by atoms with van der Waals surface area (Å²) in [6.45, 7) is 1.60. The fourth-order valence-electron chi connectivity index (χ4n) is 3.75. The van der Waals surface area contributed by atoms with Gasteiger partial charge in [-0.15, -0.1) is 0 Å². The minimum Gasteiger partial charge on any atom is -0.466 e. The van der Waals surface area contributed by atoms with Crippen LogP contribution in [0.15, 0.2) is 76.1 Å². The zero-order valence-corrected chi connectivity index (χ0v) is 19.3. The summed E-state index contributed by atoms with van der Waals surface area (Å²) in [5.74, 6) is -3.17. The third-order valence-electron chi connectivity index (χ3n) is 5.33. The fraction of sp³-hybridized carbons (Fsp3) is 0.174. The molecule has 0 amide bonds. The van der Waals surface area contributed by atoms with Gasteiger partial charge in [-0.25, -0.2) is 9.59 Å². The van der Waals surface area contributed by atoms with E-state index in [0.29, 0.717) is 11.1 Å². The lowest BCUT2D eigenvalue weighted by Crippen LogP contribution is -2.41. The number of carbonyl (C=O) groups excluding carboxylic acids is 2. The molecule has 3 N–H and O–H groups in total. The average Bonchev–Trinajstić information content (AvgIpc) is 2.82. The first-order valence-corrected chi connectivity index (χ1v) is 11.2. The molecule has 34 heavy (non-hydrogen) atoms. The molecule has 1 atom stereocenters. The highest BCUT2D eigenvalue weighted by molar-refractivity contribution is 7.85. The number of ether oxygens (including phenoxy) is 2. The predicted octanol–water partition coefficient (Wildman–Crippen LogP) is 2.14. The second-order valence-electron chi connectivity index (χ2n) is 7.26. The van der Waals surface area contributed by atoms with Crippen LogP contribution < -0.4 is 10.6 Å². The van der Waals surface area contributed by atoms with Crippen molar-refractivity contribution in [1.29, 1.82) is 5.26 Å². The highest BCUT2D eigenvalue weighted by Crippen LogP contribution is 2.44. The molecule has 1 aliphatic rings. The standard InChI is InChI=1S/C23H21N3O7S/c1-13-9-10-15(34(29,30)31)11-17(13)26-20(23(28)33-3)19(22(27)32-2)18(16(12-24)21(26)25)14-7-5-4-6-8-14/h4-11,18H,25H2,1-3H3,(H,29,30,31). The molecule has 2 aromatic rings. The summed E-state index contributed by atoms with van der Waals surface area (Å²) < 4.78 is 43.0. The number of carbonyl (C=O) groups is 2. The molecule has 0 aromatic heterocycles. The molecule has 10 nitrogen and oxygen atoms in total. The van der Waals surface area contributed by atoms with Crippen molar-refractivity contribution in [3.63, 3.8) is 0 Å². The van der Waals surface area contributed by atoms with Gasteiger partial charge in [-0.2, -0.15) is 13.7 Å². The number of hydrogen-bond donors (Lipinski definition) is 2. The van der Waals surface area contributed by atoms with Crippen molar-refractivity contribution in [3.8, 4) is 6.07 Å². The highest BCUT2D eigenvalue weighted by Gasteiger charge is 2.43. The topological polar surface area (TPSA) is 160 Å². The number of allylic oxidation sites excluding steroid dienone is 1. The summed E-state index contributed by atoms with van der Waals surface area (Å²) in [7, 11) is -2.40. The van der Waals surface area contributed by atoms with E-state index in [0.717, 1.165) is 25.2 Å². The second kappa shape index (κ2) is 9.38. The minimum atomic E-state index is -4.62. The van der Waals surface area contributed by atoms with Crippen molar-refractivity contribution in [2.24, 2.45) is 5.73 Å². The number of benzene rings is 2. The molecule has 2 aromatic carbocycles. The number of nitrogens with zero attached hydrogens (tertiary/aromatic N) is 2. The normalized spacial score (nSPS) is 16.2. The van der Waals surface area contributed by atoms with Crippen molar-refractivity contribution in [2.75, 3.05) is 19.1 Å². The van der Waals surface area contributed by atoms with Gasteiger partial charge in [0.25, 0.3) is 10.1 Å². The number of anilines is 1. The van der Waals surface area contributed by atoms with Crippen LogP contribution in [-0.2, 0) is 29.2 Å². The number of nitrogens with two attached hydrogens (primary N) is 1. The molecule has 1 unspecified atom stereocenters. The summed E-state index contributed by atoms with van der Waals surface area (Å²) in [6, 6.07) is 14.1. The van der Waals surface area contributed by atoms with Gasteiger partial charge >= 0.3 is 11.9 Å². The third-order valence-corrected chi connectivity index (χ3v) is 6.18. The summed E-state index contributed by atoms with van der Waals surface area (Å²) in [4.78, 5) is 26.6. The monoisotopic (exact) mass is 483 g/mol. The van der Waals surface area contributed by atoms with E-state index in [1.807, 2.05) is 6.07 Å². The molecule has 0 radical (unpaired) electrons. The number of methoxy groups -OCH3 is 2. The van der Waals surface area contributed by atoms with E-state index in [4.69, 9.17) is 15.2 Å². The molecule has 0 bridgehead atoms. The van der Waals surface area contributed by atoms with Gasteiger partial charge in [0.15, 0.2) is 0 Å². The number of hydrogen-bond acceptors (Lipinski definition) is 9. The number of rotatable bonds is 5. The molecule has 11 heteroatoms. The lowest BCUT2D eigenvalue weighted by atomic mass is 9.81. The molecule has 1 heterocycles. The molecular weight excluding hydrogens is 462 g/mol. The first-order chi connectivity index (χ1) is 16.1. The Kier molecular flexibility index (Phi) is 6.76. The molecule has 176 valence electrons. The van der Waals surface area contributed by atoms with E-state index in [9.17, 15) is 27.8 Å². The first kappa shape index (κ1) is 24.5. The van der Waals surface area contributed by atoms with Crippen LogP contribution in [0.2, 0.25) is 0 Å². The summed E-state index contributed by atoms with van der Waals surface area (Å²) in [5.41, 5.74) is 6.70. The van der Waals surface area contributed by atoms with Gasteiger partial charge in [0.1, 0.15) is 11.5 Å². The van der Waals surface area contributed by atoms with Crippen LogP contribution in [0.1, 0.15) is 17.0 Å². The van der Waals surface area contributed by atoms with Crippen LogP contribution in [0.3, 0.4) is 0 Å². The Bertz CT molecular complexity index is 1370. The minimum absolute atomic E-state index is 0.0358. The maximum Gasteiger partial charge on any atom is 0.355 e. The van der Waals surface area contributed by atoms with Crippen LogP contribution >= 0.6 is 0 Å². The smallest absolute Gasteiger partial charge is 0.355 e. The third kappa shape index (κ3) is 4.24. The van der Waals surface area contributed by atoms with Crippen molar-refractivity contribution in [3.05, 3.63) is 82.3 Å². The average molecular weight is 484 g/mol. The van der Waals surface area contributed by atoms with Gasteiger partial charge in [-0.1, -0.05) is 36.4 Å². The van der Waals surface area contributed by atoms with Crippen molar-refractivity contribution in [2.45, 2.75) is 17.7 Å². The van der Waals surface area contributed by atoms with E-state index in [-0.39, 0.29) is 28.4 Å². The molecular formula is C23H21N3O7S. The lowest BCUT2D eigenvalue weighted by Gasteiger charge is -2.36. The van der Waals surface area contributed by atoms with Gasteiger partial charge in [0, 0.05) is 0 Å². The Balaban J connectivity index is 2.48. The van der Waals surface area contributed by atoms with E-state index in [2.05, 4.69) is 0 Å². The van der Waals surface area contributed by atoms with Crippen molar-refractivity contribution < 1.29 is 32.0 Å². The van der Waals surface area contributed by atoms with E-state index >= 15 is 0 Å². The summed E-state index contributed by atoms with van der Waals surface area (Å²) in [5, 5.41) is 10.0. The van der Waals surface area contributed by atoms with Gasteiger partial charge in [-0.05, 0) is 30.2 Å². The van der Waals surface area contributed by atoms with Gasteiger partial charge in [0.05, 0.1) is 47.9 Å². The van der Waals surface area contributed by atoms with Gasteiger partial charge in [0.2, 0.25) is 0 Å². The molecule has 0 saturated carbocycles. The van der Waals surface area contributed by atoms with Gasteiger partial charge < -0.3 is 15.2 Å². The summed E-state index contributed by atoms with van der Waals surface area (Å²) >= 11 is 0. The Morgan fingerprint density at radius 2 is 1.71 bits per heavy atom. The highest BCUT2D eigenvalue weighted by atomic mass is 32.2. The van der Waals surface area contributed by atoms with Crippen LogP contribution in [0.4, 0.5) is 5.69 Å². The zero-order chi connectivity index (χ0) is 25.2. The number of esters is 2. The maximum atomic E-state index is 13.0. The van der Waals surface area contributed by atoms with Crippen LogP contribution in [0, 0.1) is 18.3 Å². The molecule has 0 aliphatic carbocycles. The predicted molar refractivity (Wildman–Crippen MR) is 121 cm³/mol. The number of aryl methyl sites for hydroxylation is 1. The Morgan fingerprint density at radius 1 is 1.09 bits per heavy atom. The lowest BCUT2D eigenvalue weighted by molar-refractivity contribution is -0.139. The Hall–Kier alpha value is -4.14. The molecule has 0 fully saturated rings. The Labute approximate surface area is 196 Å². The maximum absolute atomic E-state index is 13.0. The zero-order valence-electron chi connectivity index (χ0n) is 18.5. The SMILES string of the molecule is COC(=O)C1=C(C(=O)OC)N(c2cc(S(=O)(=O)O)ccc2C)C(N)=C(C#N)C1c1ccccc1. The largest absolute Gasteiger partial charge is 0.466 e. The van der Waals surface area contributed by atoms with Crippen LogP contribution in [0.5, 0.6) is 0 Å². The first-order valence-electron chi connectivity index (χ1n) is 9.80.